The number of benzene rings is 1. The van der Waals surface area contributed by atoms with Crippen LogP contribution in [0.25, 0.3) is 0 Å². The lowest BCUT2D eigenvalue weighted by atomic mass is 10.2. The summed E-state index contributed by atoms with van der Waals surface area (Å²) in [4.78, 5) is 9.85. The number of halogens is 2. The van der Waals surface area contributed by atoms with Crippen molar-refractivity contribution in [1.82, 2.24) is 4.72 Å². The maximum absolute atomic E-state index is 12.0. The molecule has 0 aliphatic heterocycles. The highest BCUT2D eigenvalue weighted by atomic mass is 79.9. The number of hydrogen-bond acceptors (Lipinski definition) is 4. The van der Waals surface area contributed by atoms with Gasteiger partial charge in [0.25, 0.3) is 5.69 Å². The fourth-order valence-electron chi connectivity index (χ4n) is 1.32. The Morgan fingerprint density at radius 3 is 2.63 bits per heavy atom. The highest BCUT2D eigenvalue weighted by molar-refractivity contribution is 9.11. The summed E-state index contributed by atoms with van der Waals surface area (Å²) >= 11 is 8.71. The minimum atomic E-state index is -3.86. The Balaban J connectivity index is 3.30. The third-order valence-electron chi connectivity index (χ3n) is 2.18. The second-order valence-corrected chi connectivity index (χ2v) is 6.93. The highest BCUT2D eigenvalue weighted by Gasteiger charge is 2.23. The Morgan fingerprint density at radius 2 is 2.16 bits per heavy atom. The second-order valence-electron chi connectivity index (χ2n) is 3.67. The molecule has 0 fully saturated rings. The van der Waals surface area contributed by atoms with E-state index in [-0.39, 0.29) is 16.5 Å². The van der Waals surface area contributed by atoms with Gasteiger partial charge in [-0.2, -0.15) is 0 Å². The Labute approximate surface area is 123 Å². The van der Waals surface area contributed by atoms with Gasteiger partial charge >= 0.3 is 0 Å². The van der Waals surface area contributed by atoms with Crippen LogP contribution in [0.1, 0.15) is 5.56 Å². The number of sulfonamides is 1. The summed E-state index contributed by atoms with van der Waals surface area (Å²) in [5, 5.41) is 10.7. The van der Waals surface area contributed by atoms with Crippen LogP contribution < -0.4 is 4.72 Å². The van der Waals surface area contributed by atoms with Gasteiger partial charge in [0.2, 0.25) is 10.0 Å². The van der Waals surface area contributed by atoms with E-state index in [4.69, 9.17) is 11.6 Å². The maximum atomic E-state index is 12.0. The molecule has 0 saturated carbocycles. The minimum absolute atomic E-state index is 0.0157. The van der Waals surface area contributed by atoms with Gasteiger partial charge in [0, 0.05) is 17.1 Å². The van der Waals surface area contributed by atoms with Crippen molar-refractivity contribution in [2.75, 3.05) is 6.54 Å². The van der Waals surface area contributed by atoms with E-state index < -0.39 is 20.6 Å². The van der Waals surface area contributed by atoms with Crippen molar-refractivity contribution in [2.45, 2.75) is 11.8 Å². The van der Waals surface area contributed by atoms with Crippen molar-refractivity contribution >= 4 is 43.2 Å². The van der Waals surface area contributed by atoms with E-state index >= 15 is 0 Å². The smallest absolute Gasteiger partial charge is 0.258 e. The lowest BCUT2D eigenvalue weighted by molar-refractivity contribution is -0.384. The number of nitro groups is 1. The standard InChI is InChI=1S/C10H10BrClN2O4S/c1-6-3-8(12)9(14(15)16)4-10(6)19(17,18)13-5-7(2)11/h3-4,13H,2,5H2,1H3. The first-order valence-corrected chi connectivity index (χ1v) is 7.58. The Bertz CT molecular complexity index is 645. The predicted octanol–water partition coefficient (Wildman–Crippen LogP) is 2.74. The average Bonchev–Trinajstić information content (AvgIpc) is 2.25. The van der Waals surface area contributed by atoms with Gasteiger partial charge in [0.15, 0.2) is 0 Å². The third kappa shape index (κ3) is 4.00. The number of aryl methyl sites for hydroxylation is 1. The van der Waals surface area contributed by atoms with E-state index in [1.807, 2.05) is 0 Å². The van der Waals surface area contributed by atoms with E-state index in [0.29, 0.717) is 10.0 Å². The largest absolute Gasteiger partial charge is 0.289 e. The molecule has 0 amide bonds. The number of nitro benzene ring substituents is 1. The zero-order valence-corrected chi connectivity index (χ0v) is 13.0. The molecular weight excluding hydrogens is 360 g/mol. The molecule has 0 aliphatic carbocycles. The molecule has 0 aliphatic rings. The van der Waals surface area contributed by atoms with Crippen molar-refractivity contribution in [2.24, 2.45) is 0 Å². The van der Waals surface area contributed by atoms with Crippen LogP contribution >= 0.6 is 27.5 Å². The summed E-state index contributed by atoms with van der Waals surface area (Å²) in [5.41, 5.74) is -0.131. The summed E-state index contributed by atoms with van der Waals surface area (Å²) in [6.45, 7) is 4.99. The Kier molecular flexibility index (Phi) is 5.08. The molecule has 1 aromatic rings. The first-order chi connectivity index (χ1) is 8.65. The average molecular weight is 370 g/mol. The first-order valence-electron chi connectivity index (χ1n) is 4.92. The molecule has 0 saturated heterocycles. The van der Waals surface area contributed by atoms with Gasteiger partial charge in [0.05, 0.1) is 9.82 Å². The molecule has 0 unspecified atom stereocenters. The lowest BCUT2D eigenvalue weighted by Gasteiger charge is -2.09. The summed E-state index contributed by atoms with van der Waals surface area (Å²) in [7, 11) is -3.86. The van der Waals surface area contributed by atoms with Gasteiger partial charge in [-0.25, -0.2) is 13.1 Å². The van der Waals surface area contributed by atoms with Crippen molar-refractivity contribution in [3.63, 3.8) is 0 Å². The summed E-state index contributed by atoms with van der Waals surface area (Å²) < 4.78 is 26.7. The molecule has 0 aromatic heterocycles. The Morgan fingerprint density at radius 1 is 1.58 bits per heavy atom. The second kappa shape index (κ2) is 6.00. The quantitative estimate of drug-likeness (QED) is 0.638. The SMILES string of the molecule is C=C(Br)CNS(=O)(=O)c1cc([N+](=O)[O-])c(Cl)cc1C. The molecule has 1 aromatic carbocycles. The van der Waals surface area contributed by atoms with Crippen LogP contribution in [0.5, 0.6) is 0 Å². The normalized spacial score (nSPS) is 11.3. The van der Waals surface area contributed by atoms with Gasteiger partial charge in [0.1, 0.15) is 5.02 Å². The zero-order chi connectivity index (χ0) is 14.8. The van der Waals surface area contributed by atoms with Gasteiger partial charge in [-0.05, 0) is 18.6 Å². The number of rotatable bonds is 5. The molecule has 9 heteroatoms. The van der Waals surface area contributed by atoms with Crippen molar-refractivity contribution in [3.05, 3.63) is 43.9 Å². The van der Waals surface area contributed by atoms with Gasteiger partial charge < -0.3 is 0 Å². The van der Waals surface area contributed by atoms with E-state index in [1.54, 1.807) is 0 Å². The molecule has 6 nitrogen and oxygen atoms in total. The van der Waals surface area contributed by atoms with Crippen LogP contribution in [0.15, 0.2) is 28.1 Å². The number of hydrogen-bond donors (Lipinski definition) is 1. The van der Waals surface area contributed by atoms with Gasteiger partial charge in [-0.1, -0.05) is 34.1 Å². The van der Waals surface area contributed by atoms with Crippen LogP contribution in [-0.4, -0.2) is 19.9 Å². The van der Waals surface area contributed by atoms with E-state index in [2.05, 4.69) is 27.2 Å². The first kappa shape index (κ1) is 16.1. The molecule has 0 atom stereocenters. The number of nitrogens with zero attached hydrogens (tertiary/aromatic N) is 1. The van der Waals surface area contributed by atoms with Crippen LogP contribution in [0.2, 0.25) is 5.02 Å². The molecular formula is C10H10BrClN2O4S. The molecule has 0 radical (unpaired) electrons. The molecule has 104 valence electrons. The maximum Gasteiger partial charge on any atom is 0.289 e. The van der Waals surface area contributed by atoms with Crippen LogP contribution in [0.4, 0.5) is 5.69 Å². The molecule has 0 bridgehead atoms. The summed E-state index contributed by atoms with van der Waals surface area (Å²) in [6, 6.07) is 2.19. The fraction of sp³-hybridized carbons (Fsp3) is 0.200. The fourth-order valence-corrected chi connectivity index (χ4v) is 3.20. The predicted molar refractivity (Wildman–Crippen MR) is 76.1 cm³/mol. The molecule has 19 heavy (non-hydrogen) atoms. The molecule has 1 N–H and O–H groups in total. The van der Waals surface area contributed by atoms with Crippen LogP contribution in [0, 0.1) is 17.0 Å². The van der Waals surface area contributed by atoms with E-state index in [0.717, 1.165) is 6.07 Å². The zero-order valence-electron chi connectivity index (χ0n) is 9.81. The van der Waals surface area contributed by atoms with E-state index in [9.17, 15) is 18.5 Å². The molecule has 1 rings (SSSR count). The van der Waals surface area contributed by atoms with Crippen molar-refractivity contribution < 1.29 is 13.3 Å². The minimum Gasteiger partial charge on any atom is -0.258 e. The van der Waals surface area contributed by atoms with Crippen LogP contribution in [0.3, 0.4) is 0 Å². The lowest BCUT2D eigenvalue weighted by Crippen LogP contribution is -2.25. The van der Waals surface area contributed by atoms with Gasteiger partial charge in [-0.3, -0.25) is 10.1 Å². The topological polar surface area (TPSA) is 89.3 Å². The summed E-state index contributed by atoms with van der Waals surface area (Å²) in [6.07, 6.45) is 0. The Hall–Kier alpha value is -0.960. The van der Waals surface area contributed by atoms with Crippen LogP contribution in [-0.2, 0) is 10.0 Å². The molecule has 0 heterocycles. The monoisotopic (exact) mass is 368 g/mol. The third-order valence-corrected chi connectivity index (χ3v) is 4.31. The highest BCUT2D eigenvalue weighted by Crippen LogP contribution is 2.30. The van der Waals surface area contributed by atoms with E-state index in [1.165, 1.54) is 13.0 Å². The number of nitrogens with one attached hydrogen (secondary N) is 1. The van der Waals surface area contributed by atoms with Crippen molar-refractivity contribution in [1.29, 1.82) is 0 Å². The summed E-state index contributed by atoms with van der Waals surface area (Å²) in [5.74, 6) is 0. The van der Waals surface area contributed by atoms with Gasteiger partial charge in [-0.15, -0.1) is 0 Å². The van der Waals surface area contributed by atoms with Crippen molar-refractivity contribution in [3.8, 4) is 0 Å². The molecule has 0 spiro atoms.